The van der Waals surface area contributed by atoms with Crippen LogP contribution in [0.2, 0.25) is 6.55 Å². The van der Waals surface area contributed by atoms with E-state index in [0.717, 1.165) is 0 Å². The van der Waals surface area contributed by atoms with Crippen LogP contribution in [0.3, 0.4) is 0 Å². The Morgan fingerprint density at radius 2 is 2.30 bits per heavy atom. The first-order valence-corrected chi connectivity index (χ1v) is 6.22. The van der Waals surface area contributed by atoms with Crippen LogP contribution in [0.15, 0.2) is 0 Å². The van der Waals surface area contributed by atoms with E-state index in [1.54, 1.807) is 0 Å². The van der Waals surface area contributed by atoms with Crippen molar-refractivity contribution < 1.29 is 8.85 Å². The summed E-state index contributed by atoms with van der Waals surface area (Å²) >= 11 is 4.09. The first kappa shape index (κ1) is 9.89. The van der Waals surface area contributed by atoms with Gasteiger partial charge in [-0.2, -0.15) is 12.6 Å². The van der Waals surface area contributed by atoms with E-state index in [1.165, 1.54) is 0 Å². The third-order valence-electron chi connectivity index (χ3n) is 1.01. The Morgan fingerprint density at radius 1 is 1.70 bits per heavy atom. The Morgan fingerprint density at radius 3 is 2.60 bits per heavy atom. The zero-order valence-electron chi connectivity index (χ0n) is 6.26. The molecule has 0 rings (SSSR count). The average molecular weight is 176 g/mol. The van der Waals surface area contributed by atoms with Crippen molar-refractivity contribution in [2.75, 3.05) is 12.0 Å². The number of terminal acetylenes is 1. The number of hydrogen-bond acceptors (Lipinski definition) is 3. The highest BCUT2D eigenvalue weighted by Gasteiger charge is 2.30. The quantitative estimate of drug-likeness (QED) is 0.394. The van der Waals surface area contributed by atoms with Gasteiger partial charge < -0.3 is 8.85 Å². The van der Waals surface area contributed by atoms with Crippen LogP contribution in [-0.2, 0) is 8.85 Å². The molecule has 0 fully saturated rings. The van der Waals surface area contributed by atoms with Gasteiger partial charge in [0.25, 0.3) is 0 Å². The van der Waals surface area contributed by atoms with E-state index in [9.17, 15) is 0 Å². The lowest BCUT2D eigenvalue weighted by Gasteiger charge is -2.20. The van der Waals surface area contributed by atoms with Gasteiger partial charge in [0.05, 0.1) is 6.11 Å². The van der Waals surface area contributed by atoms with Crippen LogP contribution in [0.1, 0.15) is 6.92 Å². The minimum absolute atomic E-state index is 0.588. The second-order valence-electron chi connectivity index (χ2n) is 1.94. The molecule has 4 heteroatoms. The van der Waals surface area contributed by atoms with Crippen LogP contribution in [0.5, 0.6) is 0 Å². The molecule has 58 valence electrons. The van der Waals surface area contributed by atoms with Crippen molar-refractivity contribution in [1.29, 1.82) is 0 Å². The molecule has 0 radical (unpaired) electrons. The summed E-state index contributed by atoms with van der Waals surface area (Å²) in [6, 6.07) is 0. The van der Waals surface area contributed by atoms with E-state index in [1.807, 2.05) is 13.5 Å². The summed E-state index contributed by atoms with van der Waals surface area (Å²) in [6.07, 6.45) is 7.10. The molecule has 0 saturated heterocycles. The summed E-state index contributed by atoms with van der Waals surface area (Å²) in [7, 11) is -2.10. The second kappa shape index (κ2) is 4.66. The predicted molar refractivity (Wildman–Crippen MR) is 47.0 cm³/mol. The Bertz CT molecular complexity index is 134. The Kier molecular flexibility index (Phi) is 4.61. The summed E-state index contributed by atoms with van der Waals surface area (Å²) in [5.41, 5.74) is 0. The van der Waals surface area contributed by atoms with Gasteiger partial charge in [0.15, 0.2) is 0 Å². The van der Waals surface area contributed by atoms with Crippen LogP contribution >= 0.6 is 12.6 Å². The van der Waals surface area contributed by atoms with Gasteiger partial charge in [-0.3, -0.25) is 0 Å². The van der Waals surface area contributed by atoms with E-state index < -0.39 is 8.56 Å². The molecule has 0 amide bonds. The molecular weight excluding hydrogens is 164 g/mol. The first-order valence-electron chi connectivity index (χ1n) is 3.07. The van der Waals surface area contributed by atoms with Crippen molar-refractivity contribution in [1.82, 2.24) is 0 Å². The molecule has 0 N–H and O–H groups in total. The first-order chi connectivity index (χ1) is 4.68. The van der Waals surface area contributed by atoms with Crippen molar-refractivity contribution >= 4 is 21.2 Å². The second-order valence-corrected chi connectivity index (χ2v) is 5.97. The summed E-state index contributed by atoms with van der Waals surface area (Å²) in [5.74, 6) is 0. The van der Waals surface area contributed by atoms with Gasteiger partial charge in [-0.1, -0.05) is 6.42 Å². The van der Waals surface area contributed by atoms with Crippen molar-refractivity contribution in [2.45, 2.75) is 13.5 Å². The van der Waals surface area contributed by atoms with Crippen LogP contribution in [0.4, 0.5) is 0 Å². The van der Waals surface area contributed by atoms with Crippen molar-refractivity contribution in [3.8, 4) is 12.5 Å². The van der Waals surface area contributed by atoms with E-state index in [4.69, 9.17) is 15.3 Å². The molecule has 0 bridgehead atoms. The van der Waals surface area contributed by atoms with Gasteiger partial charge >= 0.3 is 8.56 Å². The van der Waals surface area contributed by atoms with Crippen molar-refractivity contribution in [3.05, 3.63) is 0 Å². The third-order valence-corrected chi connectivity index (χ3v) is 4.76. The predicted octanol–water partition coefficient (Wildman–Crippen LogP) is 1.17. The lowest BCUT2D eigenvalue weighted by atomic mass is 10.9. The molecule has 0 aromatic rings. The topological polar surface area (TPSA) is 18.5 Å². The fraction of sp³-hybridized carbons (Fsp3) is 0.667. The van der Waals surface area contributed by atoms with Crippen molar-refractivity contribution in [3.63, 3.8) is 0 Å². The zero-order valence-corrected chi connectivity index (χ0v) is 8.15. The molecule has 10 heavy (non-hydrogen) atoms. The molecule has 0 saturated carbocycles. The molecule has 1 unspecified atom stereocenters. The summed E-state index contributed by atoms with van der Waals surface area (Å²) < 4.78 is 10.3. The van der Waals surface area contributed by atoms with Crippen LogP contribution < -0.4 is 0 Å². The molecule has 0 heterocycles. The number of hydrogen-bond donors (Lipinski definition) is 1. The molecule has 0 spiro atoms. The molecular formula is C6H12O2SSi. The largest absolute Gasteiger partial charge is 0.472 e. The van der Waals surface area contributed by atoms with E-state index in [0.29, 0.717) is 12.0 Å². The van der Waals surface area contributed by atoms with Gasteiger partial charge in [-0.15, -0.1) is 0 Å². The summed E-state index contributed by atoms with van der Waals surface area (Å²) in [5, 5.41) is 0.588. The standard InChI is InChI=1S/C6H12O2SSi/c1-4-7-10(3,6-9)8-5-2/h1,9H,5-6H2,2-3H3. The third kappa shape index (κ3) is 3.16. The normalized spacial score (nSPS) is 15.4. The SMILES string of the molecule is C#CO[Si](C)(CS)OCC. The number of rotatable bonds is 4. The lowest BCUT2D eigenvalue weighted by Crippen LogP contribution is -2.39. The molecule has 2 nitrogen and oxygen atoms in total. The van der Waals surface area contributed by atoms with Gasteiger partial charge in [-0.05, 0) is 13.5 Å². The highest BCUT2D eigenvalue weighted by molar-refractivity contribution is 7.82. The highest BCUT2D eigenvalue weighted by Crippen LogP contribution is 2.07. The van der Waals surface area contributed by atoms with Gasteiger partial charge in [0, 0.05) is 12.0 Å². The van der Waals surface area contributed by atoms with E-state index in [-0.39, 0.29) is 0 Å². The van der Waals surface area contributed by atoms with Crippen molar-refractivity contribution in [2.24, 2.45) is 0 Å². The smallest absolute Gasteiger partial charge is 0.415 e. The lowest BCUT2D eigenvalue weighted by molar-refractivity contribution is 0.251. The minimum Gasteiger partial charge on any atom is -0.472 e. The molecule has 1 atom stereocenters. The van der Waals surface area contributed by atoms with E-state index >= 15 is 0 Å². The maximum atomic E-state index is 5.32. The Hall–Kier alpha value is -0.113. The van der Waals surface area contributed by atoms with Gasteiger partial charge in [0.2, 0.25) is 0 Å². The fourth-order valence-corrected chi connectivity index (χ4v) is 2.08. The summed E-state index contributed by atoms with van der Waals surface area (Å²) in [6.45, 7) is 4.43. The van der Waals surface area contributed by atoms with Crippen LogP contribution in [-0.4, -0.2) is 20.5 Å². The number of thiol groups is 1. The monoisotopic (exact) mass is 176 g/mol. The Labute approximate surface area is 68.6 Å². The highest BCUT2D eigenvalue weighted by atomic mass is 32.1. The van der Waals surface area contributed by atoms with Crippen LogP contribution in [0, 0.1) is 12.5 Å². The molecule has 0 aromatic heterocycles. The average Bonchev–Trinajstić information content (AvgIpc) is 1.89. The molecule has 0 aliphatic carbocycles. The molecule has 0 aromatic carbocycles. The molecule has 0 aliphatic heterocycles. The fourth-order valence-electron chi connectivity index (χ4n) is 0.537. The summed E-state index contributed by atoms with van der Waals surface area (Å²) in [4.78, 5) is 0. The zero-order chi connectivity index (χ0) is 8.04. The van der Waals surface area contributed by atoms with Gasteiger partial charge in [0.1, 0.15) is 0 Å². The van der Waals surface area contributed by atoms with Crippen LogP contribution in [0.25, 0.3) is 0 Å². The van der Waals surface area contributed by atoms with E-state index in [2.05, 4.69) is 18.7 Å². The Balaban J connectivity index is 3.84. The maximum Gasteiger partial charge on any atom is 0.415 e. The maximum absolute atomic E-state index is 5.32. The minimum atomic E-state index is -2.10. The van der Waals surface area contributed by atoms with Gasteiger partial charge in [-0.25, -0.2) is 0 Å². The molecule has 0 aliphatic rings.